The fraction of sp³-hybridized carbons (Fsp3) is 0.857. The van der Waals surface area contributed by atoms with Crippen molar-refractivity contribution in [3.8, 4) is 0 Å². The van der Waals surface area contributed by atoms with Gasteiger partial charge in [-0.1, -0.05) is 51.4 Å². The number of hydrogen-bond acceptors (Lipinski definition) is 2. The van der Waals surface area contributed by atoms with Gasteiger partial charge < -0.3 is 0 Å². The average Bonchev–Trinajstić information content (AvgIpc) is 2.47. The molecule has 0 bridgehead atoms. The van der Waals surface area contributed by atoms with Crippen molar-refractivity contribution in [2.24, 2.45) is 0 Å². The van der Waals surface area contributed by atoms with E-state index in [1.165, 1.54) is 38.5 Å². The normalized spacial score (nSPS) is 10.3. The molecule has 0 aliphatic carbocycles. The minimum absolute atomic E-state index is 0.0884. The Hall–Kier alpha value is -0.480. The number of carbonyl (C=O) groups excluding carboxylic acids is 2. The van der Waals surface area contributed by atoms with Crippen LogP contribution >= 0.6 is 23.6 Å². The second kappa shape index (κ2) is 14.9. The number of nitrogens with one attached hydrogen (secondary N) is 2. The zero-order valence-corrected chi connectivity index (χ0v) is 13.6. The summed E-state index contributed by atoms with van der Waals surface area (Å²) >= 11 is 10.4. The summed E-state index contributed by atoms with van der Waals surface area (Å²) in [6.07, 6.45) is 12.4. The van der Waals surface area contributed by atoms with Gasteiger partial charge in [-0.3, -0.25) is 19.3 Å². The van der Waals surface area contributed by atoms with Crippen LogP contribution in [0.2, 0.25) is 0 Å². The Morgan fingerprint density at radius 1 is 0.550 bits per heavy atom. The van der Waals surface area contributed by atoms with Gasteiger partial charge in [-0.05, 0) is 12.8 Å². The second-order valence-corrected chi connectivity index (χ2v) is 5.45. The van der Waals surface area contributed by atoms with Gasteiger partial charge in [0.15, 0.2) is 0 Å². The van der Waals surface area contributed by atoms with Crippen molar-refractivity contribution >= 4 is 35.4 Å². The maximum absolute atomic E-state index is 10.9. The first-order valence-corrected chi connectivity index (χ1v) is 8.25. The number of rotatable bonds is 13. The molecule has 0 fully saturated rings. The molecule has 0 saturated heterocycles. The average molecular weight is 325 g/mol. The minimum Gasteiger partial charge on any atom is -0.274 e. The summed E-state index contributed by atoms with van der Waals surface area (Å²) in [5, 5.41) is 0. The molecule has 0 aromatic rings. The third-order valence-electron chi connectivity index (χ3n) is 3.27. The SMILES string of the molecule is O=C(CCCCCCCCCCCCC(=O)NCl)NCl. The summed E-state index contributed by atoms with van der Waals surface area (Å²) in [7, 11) is 0. The van der Waals surface area contributed by atoms with Gasteiger partial charge in [0, 0.05) is 36.4 Å². The van der Waals surface area contributed by atoms with Crippen LogP contribution in [0, 0.1) is 0 Å². The highest BCUT2D eigenvalue weighted by Gasteiger charge is 1.99. The van der Waals surface area contributed by atoms with Gasteiger partial charge in [0.25, 0.3) is 0 Å². The van der Waals surface area contributed by atoms with E-state index in [4.69, 9.17) is 23.6 Å². The molecule has 0 aliphatic heterocycles. The molecular formula is C14H26Cl2N2O2. The summed E-state index contributed by atoms with van der Waals surface area (Å²) in [5.41, 5.74) is 0. The third-order valence-corrected chi connectivity index (χ3v) is 3.69. The summed E-state index contributed by atoms with van der Waals surface area (Å²) in [6, 6.07) is 0. The number of unbranched alkanes of at least 4 members (excludes halogenated alkanes) is 9. The Kier molecular flexibility index (Phi) is 14.6. The van der Waals surface area contributed by atoms with E-state index < -0.39 is 0 Å². The molecule has 0 unspecified atom stereocenters. The standard InChI is InChI=1S/C14H26Cl2N2O2/c15-17-13(19)11-9-7-5-3-1-2-4-6-8-10-12-14(20)18-16/h1-12H2,(H,17,19)(H,18,20). The molecule has 2 N–H and O–H groups in total. The molecule has 0 spiro atoms. The Balaban J connectivity index is 3.06. The van der Waals surface area contributed by atoms with E-state index in [0.717, 1.165) is 25.7 Å². The van der Waals surface area contributed by atoms with Crippen LogP contribution in [-0.4, -0.2) is 11.8 Å². The zero-order chi connectivity index (χ0) is 15.1. The largest absolute Gasteiger partial charge is 0.274 e. The highest BCUT2D eigenvalue weighted by atomic mass is 35.5. The van der Waals surface area contributed by atoms with Crippen molar-refractivity contribution < 1.29 is 9.59 Å². The van der Waals surface area contributed by atoms with Crippen molar-refractivity contribution in [1.82, 2.24) is 9.67 Å². The van der Waals surface area contributed by atoms with Gasteiger partial charge >= 0.3 is 0 Å². The van der Waals surface area contributed by atoms with Crippen molar-refractivity contribution in [1.29, 1.82) is 0 Å². The van der Waals surface area contributed by atoms with Crippen LogP contribution in [0.3, 0.4) is 0 Å². The molecule has 0 aromatic heterocycles. The highest BCUT2D eigenvalue weighted by molar-refractivity contribution is 6.21. The fourth-order valence-electron chi connectivity index (χ4n) is 2.08. The quantitative estimate of drug-likeness (QED) is 0.394. The smallest absolute Gasteiger partial charge is 0.234 e. The van der Waals surface area contributed by atoms with E-state index in [-0.39, 0.29) is 11.8 Å². The van der Waals surface area contributed by atoms with Crippen LogP contribution in [0.5, 0.6) is 0 Å². The zero-order valence-electron chi connectivity index (χ0n) is 12.1. The lowest BCUT2D eigenvalue weighted by atomic mass is 10.1. The highest BCUT2D eigenvalue weighted by Crippen LogP contribution is 2.12. The van der Waals surface area contributed by atoms with Gasteiger partial charge in [0.2, 0.25) is 11.8 Å². The lowest BCUT2D eigenvalue weighted by Crippen LogP contribution is -2.11. The van der Waals surface area contributed by atoms with Crippen LogP contribution in [-0.2, 0) is 9.59 Å². The van der Waals surface area contributed by atoms with Crippen LogP contribution in [0.1, 0.15) is 77.0 Å². The fourth-order valence-corrected chi connectivity index (χ4v) is 2.27. The van der Waals surface area contributed by atoms with Crippen LogP contribution < -0.4 is 9.67 Å². The molecule has 4 nitrogen and oxygen atoms in total. The number of carbonyl (C=O) groups is 2. The number of halogens is 2. The molecule has 6 heteroatoms. The van der Waals surface area contributed by atoms with Gasteiger partial charge in [-0.25, -0.2) is 0 Å². The summed E-state index contributed by atoms with van der Waals surface area (Å²) < 4.78 is 0. The Bertz CT molecular complexity index is 238. The van der Waals surface area contributed by atoms with Gasteiger partial charge in [-0.15, -0.1) is 0 Å². The van der Waals surface area contributed by atoms with E-state index in [2.05, 4.69) is 9.67 Å². The van der Waals surface area contributed by atoms with Crippen molar-refractivity contribution in [2.45, 2.75) is 77.0 Å². The van der Waals surface area contributed by atoms with Crippen molar-refractivity contribution in [3.05, 3.63) is 0 Å². The predicted molar refractivity (Wildman–Crippen MR) is 83.4 cm³/mol. The van der Waals surface area contributed by atoms with Crippen molar-refractivity contribution in [3.63, 3.8) is 0 Å². The molecule has 0 heterocycles. The van der Waals surface area contributed by atoms with Crippen molar-refractivity contribution in [2.75, 3.05) is 0 Å². The minimum atomic E-state index is -0.0884. The van der Waals surface area contributed by atoms with Gasteiger partial charge in [-0.2, -0.15) is 0 Å². The first kappa shape index (κ1) is 19.5. The molecule has 20 heavy (non-hydrogen) atoms. The molecule has 0 saturated carbocycles. The molecule has 118 valence electrons. The third kappa shape index (κ3) is 13.9. The number of hydrogen-bond donors (Lipinski definition) is 2. The summed E-state index contributed by atoms with van der Waals surface area (Å²) in [6.45, 7) is 0. The molecule has 0 rings (SSSR count). The predicted octanol–water partition coefficient (Wildman–Crippen LogP) is 4.21. The summed E-state index contributed by atoms with van der Waals surface area (Å²) in [5.74, 6) is -0.177. The lowest BCUT2D eigenvalue weighted by Gasteiger charge is -2.02. The molecule has 2 amide bonds. The van der Waals surface area contributed by atoms with Crippen LogP contribution in [0.15, 0.2) is 0 Å². The molecular weight excluding hydrogens is 299 g/mol. The monoisotopic (exact) mass is 324 g/mol. The number of amides is 2. The first-order valence-electron chi connectivity index (χ1n) is 7.49. The topological polar surface area (TPSA) is 58.2 Å². The Morgan fingerprint density at radius 2 is 0.800 bits per heavy atom. The van der Waals surface area contributed by atoms with E-state index in [1.807, 2.05) is 0 Å². The summed E-state index contributed by atoms with van der Waals surface area (Å²) in [4.78, 5) is 25.9. The lowest BCUT2D eigenvalue weighted by molar-refractivity contribution is -0.120. The van der Waals surface area contributed by atoms with Crippen LogP contribution in [0.4, 0.5) is 0 Å². The van der Waals surface area contributed by atoms with E-state index in [0.29, 0.717) is 12.8 Å². The first-order chi connectivity index (χ1) is 9.70. The molecule has 0 radical (unpaired) electrons. The van der Waals surface area contributed by atoms with Crippen LogP contribution in [0.25, 0.3) is 0 Å². The maximum Gasteiger partial charge on any atom is 0.234 e. The Labute approximate surface area is 132 Å². The van der Waals surface area contributed by atoms with Gasteiger partial charge in [0.1, 0.15) is 0 Å². The van der Waals surface area contributed by atoms with Gasteiger partial charge in [0.05, 0.1) is 0 Å². The molecule has 0 aliphatic rings. The molecule has 0 atom stereocenters. The van der Waals surface area contributed by atoms with E-state index >= 15 is 0 Å². The van der Waals surface area contributed by atoms with E-state index in [9.17, 15) is 9.59 Å². The van der Waals surface area contributed by atoms with E-state index in [1.54, 1.807) is 0 Å². The molecule has 0 aromatic carbocycles. The maximum atomic E-state index is 10.9. The Morgan fingerprint density at radius 3 is 1.05 bits per heavy atom. The second-order valence-electron chi connectivity index (χ2n) is 5.07.